The van der Waals surface area contributed by atoms with Crippen LogP contribution in [0.3, 0.4) is 0 Å². The zero-order valence-corrected chi connectivity index (χ0v) is 20.4. The Kier molecular flexibility index (Phi) is 6.39. The molecular formula is C27H24F3NO5S. The molecular weight excluding hydrogens is 507 g/mol. The number of ether oxygens (including phenoxy) is 1. The third kappa shape index (κ3) is 5.29. The van der Waals surface area contributed by atoms with Crippen molar-refractivity contribution in [2.45, 2.75) is 48.8 Å². The van der Waals surface area contributed by atoms with Gasteiger partial charge in [0.15, 0.2) is 0 Å². The van der Waals surface area contributed by atoms with Crippen molar-refractivity contribution < 1.29 is 36.2 Å². The Hall–Kier alpha value is -3.53. The molecule has 6 nitrogen and oxygen atoms in total. The summed E-state index contributed by atoms with van der Waals surface area (Å²) < 4.78 is 74.3. The number of rotatable bonds is 7. The zero-order chi connectivity index (χ0) is 26.4. The maximum Gasteiger partial charge on any atom is 0.416 e. The summed E-state index contributed by atoms with van der Waals surface area (Å²) in [6.45, 7) is -0.232. The highest BCUT2D eigenvalue weighted by atomic mass is 32.2. The molecule has 0 spiro atoms. The minimum Gasteiger partial charge on any atom is -0.486 e. The Morgan fingerprint density at radius 3 is 2.43 bits per heavy atom. The van der Waals surface area contributed by atoms with E-state index in [0.29, 0.717) is 12.0 Å². The summed E-state index contributed by atoms with van der Waals surface area (Å²) in [5, 5.41) is 9.08. The van der Waals surface area contributed by atoms with Gasteiger partial charge < -0.3 is 9.84 Å². The quantitative estimate of drug-likeness (QED) is 0.400. The standard InChI is InChI=1S/C27H24F3NO5S/c28-27(29,30)21-5-2-6-23(15-21)37(34,35)31-16-22(10-12-26(32)33)36-25-11-9-20(14-24(25)31)19-4-1-3-18(13-19)17-7-8-17/h1-6,9,11,13-15,17,22H,7-8,10,12,16H2,(H,32,33)/t22-/m0/s1. The summed E-state index contributed by atoms with van der Waals surface area (Å²) in [7, 11) is -4.43. The van der Waals surface area contributed by atoms with Gasteiger partial charge in [-0.1, -0.05) is 36.4 Å². The third-order valence-electron chi connectivity index (χ3n) is 6.59. The van der Waals surface area contributed by atoms with Crippen LogP contribution in [0.5, 0.6) is 5.75 Å². The molecule has 1 N–H and O–H groups in total. The van der Waals surface area contributed by atoms with Gasteiger partial charge in [0.2, 0.25) is 0 Å². The second-order valence-corrected chi connectivity index (χ2v) is 11.2. The normalized spacial score (nSPS) is 17.7. The SMILES string of the molecule is O=C(O)CC[C@H]1CN(S(=O)(=O)c2cccc(C(F)(F)F)c2)c2cc(-c3cccc(C4CC4)c3)ccc2O1. The van der Waals surface area contributed by atoms with Crippen LogP contribution in [0, 0.1) is 0 Å². The van der Waals surface area contributed by atoms with Crippen molar-refractivity contribution in [2.75, 3.05) is 10.8 Å². The Balaban J connectivity index is 1.57. The largest absolute Gasteiger partial charge is 0.486 e. The van der Waals surface area contributed by atoms with Crippen LogP contribution in [0.15, 0.2) is 71.6 Å². The van der Waals surface area contributed by atoms with Gasteiger partial charge in [0.05, 0.1) is 22.7 Å². The van der Waals surface area contributed by atoms with E-state index in [1.165, 1.54) is 5.56 Å². The van der Waals surface area contributed by atoms with Crippen molar-refractivity contribution in [3.8, 4) is 16.9 Å². The monoisotopic (exact) mass is 531 g/mol. The van der Waals surface area contributed by atoms with Crippen LogP contribution in [-0.2, 0) is 21.0 Å². The lowest BCUT2D eigenvalue weighted by molar-refractivity contribution is -0.138. The van der Waals surface area contributed by atoms with Crippen LogP contribution in [0.4, 0.5) is 18.9 Å². The smallest absolute Gasteiger partial charge is 0.416 e. The molecule has 5 rings (SSSR count). The summed E-state index contributed by atoms with van der Waals surface area (Å²) in [5.74, 6) is -0.319. The van der Waals surface area contributed by atoms with E-state index in [0.717, 1.165) is 46.5 Å². The first-order valence-corrected chi connectivity index (χ1v) is 13.3. The highest BCUT2D eigenvalue weighted by Gasteiger charge is 2.37. The minimum atomic E-state index is -4.71. The van der Waals surface area contributed by atoms with Gasteiger partial charge in [-0.3, -0.25) is 9.10 Å². The minimum absolute atomic E-state index is 0.0363. The van der Waals surface area contributed by atoms with E-state index in [2.05, 4.69) is 12.1 Å². The molecule has 10 heteroatoms. The molecule has 0 amide bonds. The number of carboxylic acids is 1. The number of sulfonamides is 1. The molecule has 194 valence electrons. The van der Waals surface area contributed by atoms with E-state index < -0.39 is 38.7 Å². The zero-order valence-electron chi connectivity index (χ0n) is 19.6. The first-order valence-electron chi connectivity index (χ1n) is 11.9. The molecule has 1 atom stereocenters. The lowest BCUT2D eigenvalue weighted by Crippen LogP contribution is -2.43. The lowest BCUT2D eigenvalue weighted by atomic mass is 10.00. The molecule has 1 fully saturated rings. The molecule has 1 saturated carbocycles. The highest BCUT2D eigenvalue weighted by Crippen LogP contribution is 2.43. The van der Waals surface area contributed by atoms with Crippen LogP contribution < -0.4 is 9.04 Å². The molecule has 37 heavy (non-hydrogen) atoms. The molecule has 0 bridgehead atoms. The van der Waals surface area contributed by atoms with Crippen molar-refractivity contribution in [3.63, 3.8) is 0 Å². The van der Waals surface area contributed by atoms with Crippen molar-refractivity contribution in [2.24, 2.45) is 0 Å². The Bertz CT molecular complexity index is 1450. The van der Waals surface area contributed by atoms with Crippen LogP contribution in [0.1, 0.15) is 42.7 Å². The fourth-order valence-electron chi connectivity index (χ4n) is 4.50. The van der Waals surface area contributed by atoms with E-state index in [1.807, 2.05) is 12.1 Å². The van der Waals surface area contributed by atoms with Gasteiger partial charge in [0, 0.05) is 6.42 Å². The van der Waals surface area contributed by atoms with Crippen LogP contribution >= 0.6 is 0 Å². The molecule has 0 saturated heterocycles. The summed E-state index contributed by atoms with van der Waals surface area (Å²) in [5.41, 5.74) is 1.94. The molecule has 3 aromatic rings. The maximum absolute atomic E-state index is 13.7. The third-order valence-corrected chi connectivity index (χ3v) is 8.36. The van der Waals surface area contributed by atoms with E-state index in [4.69, 9.17) is 9.84 Å². The van der Waals surface area contributed by atoms with Crippen LogP contribution in [0.2, 0.25) is 0 Å². The number of carbonyl (C=O) groups is 1. The number of alkyl halides is 3. The average molecular weight is 532 g/mol. The maximum atomic E-state index is 13.7. The molecule has 0 aromatic heterocycles. The number of fused-ring (bicyclic) bond motifs is 1. The van der Waals surface area contributed by atoms with Gasteiger partial charge in [-0.15, -0.1) is 0 Å². The Labute approximate surface area is 212 Å². The number of hydrogen-bond donors (Lipinski definition) is 1. The van der Waals surface area contributed by atoms with Crippen LogP contribution in [0.25, 0.3) is 11.1 Å². The topological polar surface area (TPSA) is 83.9 Å². The lowest BCUT2D eigenvalue weighted by Gasteiger charge is -2.36. The summed E-state index contributed by atoms with van der Waals surface area (Å²) in [4.78, 5) is 10.6. The summed E-state index contributed by atoms with van der Waals surface area (Å²) in [6.07, 6.45) is -3.45. The van der Waals surface area contributed by atoms with Crippen molar-refractivity contribution in [3.05, 3.63) is 77.9 Å². The van der Waals surface area contributed by atoms with Crippen LogP contribution in [-0.4, -0.2) is 32.1 Å². The van der Waals surface area contributed by atoms with E-state index >= 15 is 0 Å². The van der Waals surface area contributed by atoms with Gasteiger partial charge in [-0.2, -0.15) is 13.2 Å². The molecule has 0 unspecified atom stereocenters. The van der Waals surface area contributed by atoms with Gasteiger partial charge in [0.25, 0.3) is 10.0 Å². The first kappa shape index (κ1) is 25.1. The fraction of sp³-hybridized carbons (Fsp3) is 0.296. The molecule has 1 aliphatic heterocycles. The van der Waals surface area contributed by atoms with Gasteiger partial charge in [-0.05, 0) is 72.2 Å². The second-order valence-electron chi connectivity index (χ2n) is 9.32. The van der Waals surface area contributed by atoms with E-state index in [9.17, 15) is 26.4 Å². The van der Waals surface area contributed by atoms with Gasteiger partial charge in [-0.25, -0.2) is 8.42 Å². The number of aliphatic carboxylic acids is 1. The second kappa shape index (κ2) is 9.41. The molecule has 3 aromatic carbocycles. The number of nitrogens with zero attached hydrogens (tertiary/aromatic N) is 1. The number of hydrogen-bond acceptors (Lipinski definition) is 4. The summed E-state index contributed by atoms with van der Waals surface area (Å²) >= 11 is 0. The number of benzene rings is 3. The fourth-order valence-corrected chi connectivity index (χ4v) is 6.05. The molecule has 1 aliphatic carbocycles. The first-order chi connectivity index (χ1) is 17.5. The van der Waals surface area contributed by atoms with E-state index in [-0.39, 0.29) is 30.8 Å². The molecule has 2 aliphatic rings. The Morgan fingerprint density at radius 2 is 1.73 bits per heavy atom. The molecule has 1 heterocycles. The average Bonchev–Trinajstić information content (AvgIpc) is 3.72. The molecule has 0 radical (unpaired) electrons. The van der Waals surface area contributed by atoms with Crippen molar-refractivity contribution in [1.82, 2.24) is 0 Å². The van der Waals surface area contributed by atoms with Gasteiger partial charge >= 0.3 is 12.1 Å². The number of halogens is 3. The van der Waals surface area contributed by atoms with Crippen molar-refractivity contribution >= 4 is 21.7 Å². The van der Waals surface area contributed by atoms with Crippen molar-refractivity contribution in [1.29, 1.82) is 0 Å². The van der Waals surface area contributed by atoms with E-state index in [1.54, 1.807) is 18.2 Å². The summed E-state index contributed by atoms with van der Waals surface area (Å²) in [6, 6.07) is 16.6. The highest BCUT2D eigenvalue weighted by molar-refractivity contribution is 7.92. The van der Waals surface area contributed by atoms with Gasteiger partial charge in [0.1, 0.15) is 11.9 Å². The number of anilines is 1. The predicted octanol–water partition coefficient (Wildman–Crippen LogP) is 6.07. The Morgan fingerprint density at radius 1 is 1.00 bits per heavy atom. The number of carboxylic acid groups (broad SMARTS) is 1. The predicted molar refractivity (Wildman–Crippen MR) is 131 cm³/mol.